The first-order valence-corrected chi connectivity index (χ1v) is 18.2. The number of fused-ring (bicyclic) bond motifs is 2. The van der Waals surface area contributed by atoms with Gasteiger partial charge < -0.3 is 18.3 Å². The summed E-state index contributed by atoms with van der Waals surface area (Å²) in [4.78, 5) is 26.2. The molecular weight excluding hydrogens is 750 g/mol. The number of carbonyl (C=O) groups excluding carboxylic acids is 2. The quantitative estimate of drug-likeness (QED) is 0.170. The number of hydrogen-bond acceptors (Lipinski definition) is 10. The minimum atomic E-state index is -4.64. The molecule has 0 aliphatic carbocycles. The second-order valence-corrected chi connectivity index (χ2v) is 15.2. The Labute approximate surface area is 296 Å². The molecule has 14 nitrogen and oxygen atoms in total. The molecule has 0 saturated carbocycles. The van der Waals surface area contributed by atoms with Gasteiger partial charge >= 0.3 is 12.4 Å². The molecule has 0 aliphatic rings. The van der Waals surface area contributed by atoms with Gasteiger partial charge in [0.2, 0.25) is 32.6 Å². The predicted molar refractivity (Wildman–Crippen MR) is 178 cm³/mol. The van der Waals surface area contributed by atoms with Crippen molar-refractivity contribution in [3.8, 4) is 0 Å². The Morgan fingerprint density at radius 3 is 1.13 bits per heavy atom. The number of primary sulfonamides is 2. The van der Waals surface area contributed by atoms with Crippen molar-refractivity contribution < 1.29 is 62.2 Å². The fraction of sp³-hybridized carbons (Fsp3) is 0.467. The van der Waals surface area contributed by atoms with Crippen LogP contribution in [0.1, 0.15) is 65.1 Å². The Balaban J connectivity index is 0.000000398. The molecule has 0 unspecified atom stereocenters. The highest BCUT2D eigenvalue weighted by atomic mass is 32.2. The molecule has 4 heterocycles. The van der Waals surface area contributed by atoms with Crippen LogP contribution < -0.4 is 10.3 Å². The number of imidazole rings is 2. The first-order valence-electron chi connectivity index (χ1n) is 15.0. The average molecular weight is 791 g/mol. The predicted octanol–water partition coefficient (Wildman–Crippen LogP) is 4.45. The standard InChI is InChI=1S/2C13H19N3O3S.2C2HF3O/c2*1-9(2)19-13(10(3)20(14,17)18)11-8-16-7-5-4-6-12(16)15-11;2*3-2(4,5)1-6/h2*4-10,13H,1-3H3,(H2,14,17,18);2*1H/t2*10-,13+;;/m10../s1. The molecule has 4 atom stereocenters. The maximum atomic E-state index is 11.6. The Morgan fingerprint density at radius 2 is 0.923 bits per heavy atom. The molecule has 0 fully saturated rings. The van der Waals surface area contributed by atoms with Crippen molar-refractivity contribution in [2.75, 3.05) is 0 Å². The number of sulfonamides is 2. The van der Waals surface area contributed by atoms with Crippen molar-refractivity contribution >= 4 is 43.9 Å². The SMILES string of the molecule is CC(C)O[C@@H](c1cn2ccccc2n1)[C@H](C)S(N)(=O)=O.CC(C)O[C@H](c1cn2ccccc2n1)[C@@H](C)S(N)(=O)=O.O=CC(F)(F)F.O=CC(F)(F)F. The Hall–Kier alpha value is -3.96. The minimum Gasteiger partial charge on any atom is -0.368 e. The van der Waals surface area contributed by atoms with Crippen LogP contribution in [0.3, 0.4) is 0 Å². The van der Waals surface area contributed by atoms with Gasteiger partial charge in [0.15, 0.2) is 0 Å². The molecule has 0 aliphatic heterocycles. The number of pyridine rings is 2. The molecule has 22 heteroatoms. The van der Waals surface area contributed by atoms with Crippen molar-refractivity contribution in [2.45, 2.75) is 88.8 Å². The van der Waals surface area contributed by atoms with E-state index < -0.39 is 67.7 Å². The number of alkyl halides is 6. The third-order valence-corrected chi connectivity index (χ3v) is 8.91. The van der Waals surface area contributed by atoms with Crippen molar-refractivity contribution in [3.05, 3.63) is 72.6 Å². The van der Waals surface area contributed by atoms with Gasteiger partial charge in [-0.25, -0.2) is 37.1 Å². The Kier molecular flexibility index (Phi) is 17.0. The van der Waals surface area contributed by atoms with E-state index in [4.69, 9.17) is 29.3 Å². The molecule has 292 valence electrons. The number of aldehydes is 2. The summed E-state index contributed by atoms with van der Waals surface area (Å²) in [5.41, 5.74) is 2.60. The summed E-state index contributed by atoms with van der Waals surface area (Å²) >= 11 is 0. The highest BCUT2D eigenvalue weighted by Gasteiger charge is 2.33. The number of hydrogen-bond donors (Lipinski definition) is 2. The fourth-order valence-corrected chi connectivity index (χ4v) is 5.05. The molecule has 0 amide bonds. The second-order valence-electron chi connectivity index (χ2n) is 11.4. The van der Waals surface area contributed by atoms with Crippen LogP contribution in [0.4, 0.5) is 26.3 Å². The maximum Gasteiger partial charge on any atom is 0.446 e. The largest absolute Gasteiger partial charge is 0.446 e. The zero-order chi connectivity index (χ0) is 40.2. The number of halogens is 6. The lowest BCUT2D eigenvalue weighted by molar-refractivity contribution is -0.156. The molecule has 4 N–H and O–H groups in total. The molecule has 0 spiro atoms. The second kappa shape index (κ2) is 19.2. The van der Waals surface area contributed by atoms with Crippen molar-refractivity contribution in [3.63, 3.8) is 0 Å². The van der Waals surface area contributed by atoms with Gasteiger partial charge in [0.25, 0.3) is 0 Å². The van der Waals surface area contributed by atoms with Crippen LogP contribution in [0.25, 0.3) is 11.3 Å². The van der Waals surface area contributed by atoms with Crippen LogP contribution in [0.5, 0.6) is 0 Å². The third kappa shape index (κ3) is 16.2. The van der Waals surface area contributed by atoms with Gasteiger partial charge in [0, 0.05) is 24.8 Å². The van der Waals surface area contributed by atoms with Crippen molar-refractivity contribution in [2.24, 2.45) is 10.3 Å². The lowest BCUT2D eigenvalue weighted by Gasteiger charge is -2.23. The average Bonchev–Trinajstić information content (AvgIpc) is 3.65. The number of aromatic nitrogens is 4. The van der Waals surface area contributed by atoms with E-state index in [0.29, 0.717) is 11.4 Å². The highest BCUT2D eigenvalue weighted by molar-refractivity contribution is 7.90. The third-order valence-electron chi connectivity index (χ3n) is 6.34. The van der Waals surface area contributed by atoms with E-state index in [1.54, 1.807) is 12.4 Å². The van der Waals surface area contributed by atoms with E-state index in [0.717, 1.165) is 11.3 Å². The number of ether oxygens (including phenoxy) is 2. The normalized spacial score (nSPS) is 14.6. The summed E-state index contributed by atoms with van der Waals surface area (Å²) in [5, 5.41) is 8.76. The molecule has 4 aromatic heterocycles. The first kappa shape index (κ1) is 46.1. The summed E-state index contributed by atoms with van der Waals surface area (Å²) in [6, 6.07) is 11.2. The molecule has 4 aromatic rings. The lowest BCUT2D eigenvalue weighted by Crippen LogP contribution is -2.34. The monoisotopic (exact) mass is 790 g/mol. The fourth-order valence-electron chi connectivity index (χ4n) is 3.96. The number of nitrogens with zero attached hydrogens (tertiary/aromatic N) is 4. The maximum absolute atomic E-state index is 11.6. The van der Waals surface area contributed by atoms with E-state index in [9.17, 15) is 43.2 Å². The summed E-state index contributed by atoms with van der Waals surface area (Å²) in [6.07, 6.45) is -5.81. The summed E-state index contributed by atoms with van der Waals surface area (Å²) in [5.74, 6) is 0. The number of rotatable bonds is 10. The van der Waals surface area contributed by atoms with Gasteiger partial charge in [-0.05, 0) is 65.8 Å². The summed E-state index contributed by atoms with van der Waals surface area (Å²) in [7, 11) is -7.42. The smallest absolute Gasteiger partial charge is 0.368 e. The van der Waals surface area contributed by atoms with Crippen LogP contribution >= 0.6 is 0 Å². The minimum absolute atomic E-state index is 0.131. The zero-order valence-corrected chi connectivity index (χ0v) is 30.3. The van der Waals surface area contributed by atoms with Crippen LogP contribution in [0.2, 0.25) is 0 Å². The van der Waals surface area contributed by atoms with Gasteiger partial charge in [-0.15, -0.1) is 0 Å². The van der Waals surface area contributed by atoms with Crippen LogP contribution in [-0.4, -0.2) is 83.2 Å². The number of nitrogens with two attached hydrogens (primary N) is 2. The van der Waals surface area contributed by atoms with Gasteiger partial charge in [0.1, 0.15) is 34.0 Å². The van der Waals surface area contributed by atoms with E-state index in [1.807, 2.05) is 85.3 Å². The molecule has 4 rings (SSSR count). The van der Waals surface area contributed by atoms with Crippen molar-refractivity contribution in [1.29, 1.82) is 0 Å². The van der Waals surface area contributed by atoms with Crippen LogP contribution in [0, 0.1) is 0 Å². The lowest BCUT2D eigenvalue weighted by atomic mass is 10.2. The molecule has 0 aromatic carbocycles. The van der Waals surface area contributed by atoms with Crippen LogP contribution in [0.15, 0.2) is 61.2 Å². The Bertz CT molecular complexity index is 1740. The topological polar surface area (TPSA) is 208 Å². The van der Waals surface area contributed by atoms with Gasteiger partial charge in [-0.2, -0.15) is 26.3 Å². The molecular formula is C30H40F6N6O8S2. The molecule has 0 bridgehead atoms. The van der Waals surface area contributed by atoms with Gasteiger partial charge in [-0.1, -0.05) is 12.1 Å². The molecule has 0 radical (unpaired) electrons. The van der Waals surface area contributed by atoms with Crippen LogP contribution in [-0.2, 0) is 39.1 Å². The highest BCUT2D eigenvalue weighted by Crippen LogP contribution is 2.27. The zero-order valence-electron chi connectivity index (χ0n) is 28.7. The van der Waals surface area contributed by atoms with E-state index >= 15 is 0 Å². The van der Waals surface area contributed by atoms with Gasteiger partial charge in [-0.3, -0.25) is 9.59 Å². The van der Waals surface area contributed by atoms with Crippen molar-refractivity contribution in [1.82, 2.24) is 18.8 Å². The van der Waals surface area contributed by atoms with Gasteiger partial charge in [0.05, 0.1) is 23.6 Å². The number of carbonyl (C=O) groups is 2. The first-order chi connectivity index (χ1) is 23.7. The summed E-state index contributed by atoms with van der Waals surface area (Å²) in [6.45, 7) is 10.5. The Morgan fingerprint density at radius 1 is 0.635 bits per heavy atom. The summed E-state index contributed by atoms with van der Waals surface area (Å²) < 4.78 is 124. The van der Waals surface area contributed by atoms with E-state index in [1.165, 1.54) is 13.8 Å². The van der Waals surface area contributed by atoms with E-state index in [-0.39, 0.29) is 12.2 Å². The molecule has 0 saturated heterocycles. The molecule has 52 heavy (non-hydrogen) atoms. The van der Waals surface area contributed by atoms with E-state index in [2.05, 4.69) is 9.97 Å².